The molecule has 0 unspecified atom stereocenters. The maximum atomic E-state index is 13.4. The third-order valence-corrected chi connectivity index (χ3v) is 3.69. The van der Waals surface area contributed by atoms with Gasteiger partial charge >= 0.3 is 0 Å². The van der Waals surface area contributed by atoms with E-state index in [0.29, 0.717) is 0 Å². The lowest BCUT2D eigenvalue weighted by Gasteiger charge is -2.24. The van der Waals surface area contributed by atoms with Crippen LogP contribution in [0.3, 0.4) is 0 Å². The minimum Gasteiger partial charge on any atom is -0.370 e. The lowest BCUT2D eigenvalue weighted by atomic mass is 10.1. The van der Waals surface area contributed by atoms with Crippen LogP contribution in [0.15, 0.2) is 46.9 Å². The molecule has 20 heavy (non-hydrogen) atoms. The smallest absolute Gasteiger partial charge is 0.123 e. The monoisotopic (exact) mass is 336 g/mol. The van der Waals surface area contributed by atoms with Gasteiger partial charge in [-0.3, -0.25) is 0 Å². The van der Waals surface area contributed by atoms with Crippen molar-refractivity contribution >= 4 is 21.6 Å². The van der Waals surface area contributed by atoms with Crippen LogP contribution in [0.25, 0.3) is 0 Å². The fraction of sp³-hybridized carbons (Fsp3) is 0.250. The zero-order valence-electron chi connectivity index (χ0n) is 11.6. The van der Waals surface area contributed by atoms with E-state index in [9.17, 15) is 4.39 Å². The van der Waals surface area contributed by atoms with Crippen molar-refractivity contribution in [2.75, 3.05) is 11.9 Å². The van der Waals surface area contributed by atoms with Gasteiger partial charge in [0.25, 0.3) is 0 Å². The minimum atomic E-state index is -0.253. The van der Waals surface area contributed by atoms with Gasteiger partial charge in [0.2, 0.25) is 0 Å². The molecule has 0 radical (unpaired) electrons. The Balaban J connectivity index is 2.27. The van der Waals surface area contributed by atoms with Crippen molar-refractivity contribution < 1.29 is 4.39 Å². The van der Waals surface area contributed by atoms with Gasteiger partial charge in [-0.15, -0.1) is 0 Å². The van der Waals surface area contributed by atoms with E-state index < -0.39 is 0 Å². The summed E-state index contributed by atoms with van der Waals surface area (Å²) >= 11 is 3.47. The topological polar surface area (TPSA) is 29.3 Å². The average molecular weight is 337 g/mol. The van der Waals surface area contributed by atoms with Crippen LogP contribution < -0.4 is 10.6 Å². The van der Waals surface area contributed by atoms with Gasteiger partial charge in [-0.2, -0.15) is 0 Å². The molecule has 0 aliphatic carbocycles. The summed E-state index contributed by atoms with van der Waals surface area (Å²) in [7, 11) is 1.99. The van der Waals surface area contributed by atoms with Gasteiger partial charge in [-0.05, 0) is 48.4 Å². The van der Waals surface area contributed by atoms with Gasteiger partial charge in [-0.25, -0.2) is 4.39 Å². The summed E-state index contributed by atoms with van der Waals surface area (Å²) in [5, 5.41) is 0. The molecular formula is C16H18BrFN2. The molecule has 0 bridgehead atoms. The third kappa shape index (κ3) is 3.58. The van der Waals surface area contributed by atoms with Crippen LogP contribution in [-0.2, 0) is 6.54 Å². The molecule has 2 nitrogen and oxygen atoms in total. The number of halogens is 2. The summed E-state index contributed by atoms with van der Waals surface area (Å²) in [6, 6.07) is 12.7. The number of benzene rings is 2. The Morgan fingerprint density at radius 1 is 1.25 bits per heavy atom. The molecule has 0 aliphatic rings. The van der Waals surface area contributed by atoms with E-state index in [2.05, 4.69) is 33.0 Å². The van der Waals surface area contributed by atoms with Crippen LogP contribution in [-0.4, -0.2) is 7.05 Å². The number of hydrogen-bond donors (Lipinski definition) is 1. The number of anilines is 1. The fourth-order valence-electron chi connectivity index (χ4n) is 2.23. The lowest BCUT2D eigenvalue weighted by molar-refractivity contribution is 0.622. The van der Waals surface area contributed by atoms with Crippen LogP contribution >= 0.6 is 15.9 Å². The Morgan fingerprint density at radius 3 is 2.65 bits per heavy atom. The molecule has 106 valence electrons. The standard InChI is InChI=1S/C16H18BrFN2/c1-11(19)15-9-14(18)6-7-16(15)20(2)10-12-4-3-5-13(17)8-12/h3-9,11H,10,19H2,1-2H3/t11-/m1/s1. The van der Waals surface area contributed by atoms with E-state index in [-0.39, 0.29) is 11.9 Å². The molecule has 1 atom stereocenters. The van der Waals surface area contributed by atoms with Crippen LogP contribution in [0.4, 0.5) is 10.1 Å². The van der Waals surface area contributed by atoms with E-state index >= 15 is 0 Å². The molecule has 2 aromatic carbocycles. The van der Waals surface area contributed by atoms with Crippen LogP contribution in [0, 0.1) is 5.82 Å². The van der Waals surface area contributed by atoms with Crippen LogP contribution in [0.2, 0.25) is 0 Å². The summed E-state index contributed by atoms with van der Waals surface area (Å²) in [5.74, 6) is -0.253. The molecule has 0 fully saturated rings. The van der Waals surface area contributed by atoms with Crippen molar-refractivity contribution in [1.82, 2.24) is 0 Å². The lowest BCUT2D eigenvalue weighted by Crippen LogP contribution is -2.20. The Bertz CT molecular complexity index is 599. The van der Waals surface area contributed by atoms with Crippen molar-refractivity contribution in [3.05, 3.63) is 63.9 Å². The van der Waals surface area contributed by atoms with E-state index in [1.165, 1.54) is 17.7 Å². The molecule has 4 heteroatoms. The Hall–Kier alpha value is -1.39. The molecule has 0 saturated carbocycles. The number of nitrogens with zero attached hydrogens (tertiary/aromatic N) is 1. The first-order valence-corrected chi connectivity index (χ1v) is 7.27. The van der Waals surface area contributed by atoms with Gasteiger partial charge in [0.15, 0.2) is 0 Å². The summed E-state index contributed by atoms with van der Waals surface area (Å²) in [4.78, 5) is 2.08. The van der Waals surface area contributed by atoms with Crippen molar-refractivity contribution in [3.63, 3.8) is 0 Å². The Kier molecular flexibility index (Phi) is 4.78. The van der Waals surface area contributed by atoms with E-state index in [1.54, 1.807) is 6.07 Å². The number of hydrogen-bond acceptors (Lipinski definition) is 2. The van der Waals surface area contributed by atoms with Gasteiger partial charge in [0, 0.05) is 29.8 Å². The molecule has 0 saturated heterocycles. The highest BCUT2D eigenvalue weighted by molar-refractivity contribution is 9.10. The SMILES string of the molecule is C[C@@H](N)c1cc(F)ccc1N(C)Cc1cccc(Br)c1. The first-order valence-electron chi connectivity index (χ1n) is 6.48. The predicted octanol–water partition coefficient (Wildman–Crippen LogP) is 4.24. The summed E-state index contributed by atoms with van der Waals surface area (Å²) in [6.45, 7) is 2.61. The first kappa shape index (κ1) is 15.0. The maximum absolute atomic E-state index is 13.4. The highest BCUT2D eigenvalue weighted by atomic mass is 79.9. The van der Waals surface area contributed by atoms with E-state index in [1.807, 2.05) is 26.1 Å². The first-order chi connectivity index (χ1) is 9.47. The average Bonchev–Trinajstić information content (AvgIpc) is 2.38. The summed E-state index contributed by atoms with van der Waals surface area (Å²) in [5.41, 5.74) is 8.90. The van der Waals surface area contributed by atoms with Gasteiger partial charge < -0.3 is 10.6 Å². The van der Waals surface area contributed by atoms with Crippen molar-refractivity contribution in [2.45, 2.75) is 19.5 Å². The molecule has 2 N–H and O–H groups in total. The molecule has 0 aliphatic heterocycles. The summed E-state index contributed by atoms with van der Waals surface area (Å²) in [6.07, 6.45) is 0. The highest BCUT2D eigenvalue weighted by Crippen LogP contribution is 2.27. The minimum absolute atomic E-state index is 0.203. The molecular weight excluding hydrogens is 319 g/mol. The van der Waals surface area contributed by atoms with E-state index in [4.69, 9.17) is 5.73 Å². The van der Waals surface area contributed by atoms with Crippen LogP contribution in [0.5, 0.6) is 0 Å². The molecule has 0 spiro atoms. The number of nitrogens with two attached hydrogens (primary N) is 1. The Labute approximate surface area is 127 Å². The second-order valence-electron chi connectivity index (χ2n) is 4.98. The highest BCUT2D eigenvalue weighted by Gasteiger charge is 2.12. The number of rotatable bonds is 4. The van der Waals surface area contributed by atoms with Crippen LogP contribution in [0.1, 0.15) is 24.1 Å². The van der Waals surface area contributed by atoms with Gasteiger partial charge in [-0.1, -0.05) is 28.1 Å². The van der Waals surface area contributed by atoms with Crippen molar-refractivity contribution in [2.24, 2.45) is 5.73 Å². The zero-order chi connectivity index (χ0) is 14.7. The molecule has 2 aromatic rings. The largest absolute Gasteiger partial charge is 0.370 e. The fourth-order valence-corrected chi connectivity index (χ4v) is 2.68. The second kappa shape index (κ2) is 6.37. The predicted molar refractivity (Wildman–Crippen MR) is 85.3 cm³/mol. The molecule has 0 aromatic heterocycles. The van der Waals surface area contributed by atoms with E-state index in [0.717, 1.165) is 22.3 Å². The normalized spacial score (nSPS) is 12.2. The molecule has 0 amide bonds. The Morgan fingerprint density at radius 2 is 2.00 bits per heavy atom. The third-order valence-electron chi connectivity index (χ3n) is 3.20. The molecule has 2 rings (SSSR count). The van der Waals surface area contributed by atoms with Crippen molar-refractivity contribution in [1.29, 1.82) is 0 Å². The zero-order valence-corrected chi connectivity index (χ0v) is 13.2. The maximum Gasteiger partial charge on any atom is 0.123 e. The van der Waals surface area contributed by atoms with Crippen molar-refractivity contribution in [3.8, 4) is 0 Å². The van der Waals surface area contributed by atoms with Gasteiger partial charge in [0.05, 0.1) is 0 Å². The molecule has 0 heterocycles. The second-order valence-corrected chi connectivity index (χ2v) is 5.89. The quantitative estimate of drug-likeness (QED) is 0.904. The summed E-state index contributed by atoms with van der Waals surface area (Å²) < 4.78 is 14.4. The van der Waals surface area contributed by atoms with Gasteiger partial charge in [0.1, 0.15) is 5.82 Å².